The van der Waals surface area contributed by atoms with E-state index in [0.717, 1.165) is 52.3 Å². The molecule has 0 spiro atoms. The number of hydrogen-bond donors (Lipinski definition) is 1. The van der Waals surface area contributed by atoms with E-state index >= 15 is 0 Å². The highest BCUT2D eigenvalue weighted by molar-refractivity contribution is 7.14. The van der Waals surface area contributed by atoms with Gasteiger partial charge in [-0.2, -0.15) is 0 Å². The molecule has 1 amide bonds. The van der Waals surface area contributed by atoms with Crippen LogP contribution >= 0.6 is 11.3 Å². The molecule has 0 aliphatic carbocycles. The fourth-order valence-corrected chi connectivity index (χ4v) is 4.46. The third kappa shape index (κ3) is 4.19. The summed E-state index contributed by atoms with van der Waals surface area (Å²) in [5.74, 6) is 1.04. The van der Waals surface area contributed by atoms with E-state index in [2.05, 4.69) is 37.4 Å². The number of pyridine rings is 1. The second-order valence-corrected chi connectivity index (χ2v) is 9.04. The van der Waals surface area contributed by atoms with Crippen LogP contribution in [0.15, 0.2) is 41.1 Å². The van der Waals surface area contributed by atoms with Crippen LogP contribution in [0.25, 0.3) is 21.3 Å². The van der Waals surface area contributed by atoms with E-state index in [9.17, 15) is 4.79 Å². The number of benzene rings is 1. The van der Waals surface area contributed by atoms with Gasteiger partial charge in [0.25, 0.3) is 5.91 Å². The molecule has 0 saturated carbocycles. The average molecular weight is 435 g/mol. The molecular weight excluding hydrogens is 412 g/mol. The molecule has 0 bridgehead atoms. The lowest BCUT2D eigenvalue weighted by Crippen LogP contribution is -2.29. The number of carbonyl (C=O) groups excluding carboxylic acids is 1. The number of aromatic nitrogens is 4. The van der Waals surface area contributed by atoms with Gasteiger partial charge in [-0.25, -0.2) is 9.97 Å². The third-order valence-electron chi connectivity index (χ3n) is 5.56. The zero-order valence-corrected chi connectivity index (χ0v) is 18.1. The maximum Gasteiger partial charge on any atom is 0.278 e. The minimum atomic E-state index is -0.328. The maximum absolute atomic E-state index is 12.7. The normalized spacial score (nSPS) is 15.4. The first-order chi connectivity index (χ1) is 15.0. The van der Waals surface area contributed by atoms with Crippen molar-refractivity contribution in [1.82, 2.24) is 25.1 Å². The van der Waals surface area contributed by atoms with Crippen molar-refractivity contribution in [2.75, 3.05) is 25.5 Å². The van der Waals surface area contributed by atoms with Crippen molar-refractivity contribution in [3.8, 4) is 10.6 Å². The Labute approximate surface area is 183 Å². The van der Waals surface area contributed by atoms with Crippen molar-refractivity contribution >= 4 is 33.8 Å². The van der Waals surface area contributed by atoms with Crippen LogP contribution < -0.4 is 5.32 Å². The van der Waals surface area contributed by atoms with Crippen molar-refractivity contribution in [3.63, 3.8) is 0 Å². The number of likely N-dealkylation sites (tertiary alicyclic amines) is 1. The van der Waals surface area contributed by atoms with Gasteiger partial charge in [-0.05, 0) is 57.4 Å². The van der Waals surface area contributed by atoms with Gasteiger partial charge in [0.15, 0.2) is 11.6 Å². The lowest BCUT2D eigenvalue weighted by atomic mass is 9.97. The molecule has 9 heteroatoms. The van der Waals surface area contributed by atoms with Gasteiger partial charge >= 0.3 is 0 Å². The number of anilines is 1. The van der Waals surface area contributed by atoms with Gasteiger partial charge in [0.1, 0.15) is 22.1 Å². The number of nitrogens with one attached hydrogen (secondary N) is 1. The summed E-state index contributed by atoms with van der Waals surface area (Å²) in [4.78, 5) is 23.8. The van der Waals surface area contributed by atoms with Crippen LogP contribution in [-0.2, 0) is 0 Å². The molecule has 1 saturated heterocycles. The summed E-state index contributed by atoms with van der Waals surface area (Å²) < 4.78 is 5.61. The zero-order chi connectivity index (χ0) is 21.4. The smallest absolute Gasteiger partial charge is 0.278 e. The van der Waals surface area contributed by atoms with E-state index < -0.39 is 0 Å². The zero-order valence-electron chi connectivity index (χ0n) is 17.3. The van der Waals surface area contributed by atoms with Crippen LogP contribution in [0.1, 0.15) is 40.1 Å². The van der Waals surface area contributed by atoms with E-state index in [1.165, 1.54) is 6.26 Å². The monoisotopic (exact) mass is 434 g/mol. The van der Waals surface area contributed by atoms with E-state index in [0.29, 0.717) is 11.7 Å². The Morgan fingerprint density at radius 2 is 2.03 bits per heavy atom. The summed E-state index contributed by atoms with van der Waals surface area (Å²) in [6, 6.07) is 7.87. The predicted octanol–water partition coefficient (Wildman–Crippen LogP) is 4.11. The second-order valence-electron chi connectivity index (χ2n) is 7.86. The van der Waals surface area contributed by atoms with Crippen LogP contribution in [0.4, 0.5) is 5.82 Å². The average Bonchev–Trinajstić information content (AvgIpc) is 3.43. The lowest BCUT2D eigenvalue weighted by Gasteiger charge is -2.26. The van der Waals surface area contributed by atoms with Crippen LogP contribution in [0.5, 0.6) is 0 Å². The van der Waals surface area contributed by atoms with Gasteiger partial charge in [0, 0.05) is 23.1 Å². The molecule has 31 heavy (non-hydrogen) atoms. The Kier molecular flexibility index (Phi) is 5.21. The molecule has 0 atom stereocenters. The standard InChI is InChI=1S/C22H22N6O2S/c1-13-26-27-22(31-13)15-3-4-16-11-23-19(10-17(16)9-15)25-20(29)18-12-30-21(24-18)14-5-7-28(2)8-6-14/h3-4,9-12,14H,5-8H2,1-2H3,(H,23,25,29). The van der Waals surface area contributed by atoms with Crippen LogP contribution in [-0.4, -0.2) is 51.1 Å². The molecule has 4 aromatic rings. The van der Waals surface area contributed by atoms with Crippen LogP contribution in [0, 0.1) is 6.92 Å². The molecule has 0 unspecified atom stereocenters. The van der Waals surface area contributed by atoms with Crippen molar-refractivity contribution < 1.29 is 9.21 Å². The summed E-state index contributed by atoms with van der Waals surface area (Å²) in [6.45, 7) is 3.95. The highest BCUT2D eigenvalue weighted by Crippen LogP contribution is 2.28. The molecular formula is C22H22N6O2S. The first-order valence-corrected chi connectivity index (χ1v) is 11.0. The number of fused-ring (bicyclic) bond motifs is 1. The van der Waals surface area contributed by atoms with Gasteiger partial charge in [-0.15, -0.1) is 10.2 Å². The fourth-order valence-electron chi connectivity index (χ4n) is 3.77. The maximum atomic E-state index is 12.7. The number of oxazole rings is 1. The molecule has 1 aliphatic rings. The first kappa shape index (κ1) is 19.8. The number of amides is 1. The highest BCUT2D eigenvalue weighted by Gasteiger charge is 2.24. The fraction of sp³-hybridized carbons (Fsp3) is 0.318. The van der Waals surface area contributed by atoms with Crippen LogP contribution in [0.2, 0.25) is 0 Å². The SMILES string of the molecule is Cc1nnc(-c2ccc3cnc(NC(=O)c4coc(C5CCN(C)CC5)n4)cc3c2)s1. The number of piperidine rings is 1. The molecule has 158 valence electrons. The minimum Gasteiger partial charge on any atom is -0.448 e. The summed E-state index contributed by atoms with van der Waals surface area (Å²) in [7, 11) is 2.11. The molecule has 5 rings (SSSR count). The Morgan fingerprint density at radius 1 is 1.19 bits per heavy atom. The van der Waals surface area contributed by atoms with Gasteiger partial charge in [0.2, 0.25) is 0 Å². The Morgan fingerprint density at radius 3 is 2.81 bits per heavy atom. The van der Waals surface area contributed by atoms with E-state index in [1.807, 2.05) is 31.2 Å². The molecule has 3 aromatic heterocycles. The Balaban J connectivity index is 1.33. The number of nitrogens with zero attached hydrogens (tertiary/aromatic N) is 5. The molecule has 1 fully saturated rings. The van der Waals surface area contributed by atoms with E-state index in [4.69, 9.17) is 4.42 Å². The quantitative estimate of drug-likeness (QED) is 0.516. The summed E-state index contributed by atoms with van der Waals surface area (Å²) >= 11 is 1.55. The van der Waals surface area contributed by atoms with Crippen molar-refractivity contribution in [3.05, 3.63) is 53.3 Å². The molecule has 1 aliphatic heterocycles. The Bertz CT molecular complexity index is 1240. The third-order valence-corrected chi connectivity index (χ3v) is 6.45. The number of hydrogen-bond acceptors (Lipinski definition) is 8. The molecule has 0 radical (unpaired) electrons. The van der Waals surface area contributed by atoms with Crippen molar-refractivity contribution in [1.29, 1.82) is 0 Å². The Hall–Kier alpha value is -3.17. The van der Waals surface area contributed by atoms with E-state index in [1.54, 1.807) is 17.5 Å². The molecule has 8 nitrogen and oxygen atoms in total. The summed E-state index contributed by atoms with van der Waals surface area (Å²) in [6.07, 6.45) is 5.15. The molecule has 1 N–H and O–H groups in total. The number of carbonyl (C=O) groups is 1. The van der Waals surface area contributed by atoms with Gasteiger partial charge in [-0.1, -0.05) is 23.5 Å². The number of rotatable bonds is 4. The van der Waals surface area contributed by atoms with Crippen LogP contribution in [0.3, 0.4) is 0 Å². The van der Waals surface area contributed by atoms with Gasteiger partial charge < -0.3 is 14.6 Å². The topological polar surface area (TPSA) is 97.0 Å². The van der Waals surface area contributed by atoms with Crippen molar-refractivity contribution in [2.45, 2.75) is 25.7 Å². The largest absolute Gasteiger partial charge is 0.448 e. The highest BCUT2D eigenvalue weighted by atomic mass is 32.1. The van der Waals surface area contributed by atoms with Gasteiger partial charge in [-0.3, -0.25) is 4.79 Å². The molecule has 4 heterocycles. The molecule has 1 aromatic carbocycles. The van der Waals surface area contributed by atoms with E-state index in [-0.39, 0.29) is 17.5 Å². The summed E-state index contributed by atoms with van der Waals surface area (Å²) in [5, 5.41) is 14.9. The van der Waals surface area contributed by atoms with Gasteiger partial charge in [0.05, 0.1) is 0 Å². The minimum absolute atomic E-state index is 0.263. The summed E-state index contributed by atoms with van der Waals surface area (Å²) in [5.41, 5.74) is 1.26. The predicted molar refractivity (Wildman–Crippen MR) is 119 cm³/mol. The lowest BCUT2D eigenvalue weighted by molar-refractivity contribution is 0.102. The second kappa shape index (κ2) is 8.16. The number of aryl methyl sites for hydroxylation is 1. The first-order valence-electron chi connectivity index (χ1n) is 10.2. The van der Waals surface area contributed by atoms with Crippen molar-refractivity contribution in [2.24, 2.45) is 0 Å².